The van der Waals surface area contributed by atoms with Crippen molar-refractivity contribution in [2.75, 3.05) is 6.54 Å². The van der Waals surface area contributed by atoms with E-state index in [0.29, 0.717) is 13.0 Å². The zero-order chi connectivity index (χ0) is 12.0. The molecule has 1 heterocycles. The molecule has 16 heavy (non-hydrogen) atoms. The van der Waals surface area contributed by atoms with Gasteiger partial charge in [0, 0.05) is 11.4 Å². The van der Waals surface area contributed by atoms with Crippen molar-refractivity contribution >= 4 is 23.0 Å². The van der Waals surface area contributed by atoms with Crippen LogP contribution in [0.4, 0.5) is 0 Å². The van der Waals surface area contributed by atoms with Crippen LogP contribution < -0.4 is 5.32 Å². The first-order valence-corrected chi connectivity index (χ1v) is 6.33. The van der Waals surface area contributed by atoms with Gasteiger partial charge in [0.2, 0.25) is 5.91 Å². The largest absolute Gasteiger partial charge is 0.355 e. The van der Waals surface area contributed by atoms with Crippen molar-refractivity contribution in [1.29, 1.82) is 0 Å². The Morgan fingerprint density at radius 2 is 2.25 bits per heavy atom. The monoisotopic (exact) mass is 239 g/mol. The van der Waals surface area contributed by atoms with Crippen LogP contribution in [-0.4, -0.2) is 18.2 Å². The predicted octanol–water partition coefficient (Wildman–Crippen LogP) is 2.02. The molecule has 0 saturated heterocycles. The van der Waals surface area contributed by atoms with Gasteiger partial charge in [-0.3, -0.25) is 9.59 Å². The van der Waals surface area contributed by atoms with Crippen LogP contribution in [0.3, 0.4) is 0 Å². The zero-order valence-electron chi connectivity index (χ0n) is 9.66. The molecule has 0 spiro atoms. The number of Topliss-reactive ketones (excluding diaryl/α,β-unsaturated/α-hetero) is 1. The molecule has 0 unspecified atom stereocenters. The summed E-state index contributed by atoms with van der Waals surface area (Å²) in [5.74, 6) is -0.689. The Labute approximate surface area is 99.9 Å². The summed E-state index contributed by atoms with van der Waals surface area (Å²) in [6.07, 6.45) is 1.40. The Morgan fingerprint density at radius 3 is 2.75 bits per heavy atom. The molecule has 0 aliphatic heterocycles. The number of carbonyl (C=O) groups is 2. The zero-order valence-corrected chi connectivity index (χ0v) is 10.5. The number of nitrogens with one attached hydrogen (secondary N) is 1. The van der Waals surface area contributed by atoms with Gasteiger partial charge >= 0.3 is 0 Å². The van der Waals surface area contributed by atoms with Crippen molar-refractivity contribution in [2.24, 2.45) is 5.92 Å². The highest BCUT2D eigenvalue weighted by Crippen LogP contribution is 2.08. The van der Waals surface area contributed by atoms with Crippen molar-refractivity contribution < 1.29 is 9.59 Å². The number of thiophene rings is 1. The summed E-state index contributed by atoms with van der Waals surface area (Å²) in [4.78, 5) is 24.0. The highest BCUT2D eigenvalue weighted by atomic mass is 32.1. The maximum absolute atomic E-state index is 11.6. The number of rotatable bonds is 6. The van der Waals surface area contributed by atoms with Crippen molar-refractivity contribution in [3.63, 3.8) is 0 Å². The summed E-state index contributed by atoms with van der Waals surface area (Å²) in [7, 11) is 0. The lowest BCUT2D eigenvalue weighted by Crippen LogP contribution is -2.35. The lowest BCUT2D eigenvalue weighted by atomic mass is 10.0. The summed E-state index contributed by atoms with van der Waals surface area (Å²) in [5.41, 5.74) is 0. The third kappa shape index (κ3) is 3.77. The van der Waals surface area contributed by atoms with E-state index in [9.17, 15) is 9.59 Å². The molecule has 0 radical (unpaired) electrons. The van der Waals surface area contributed by atoms with Crippen molar-refractivity contribution in [3.8, 4) is 0 Å². The highest BCUT2D eigenvalue weighted by Gasteiger charge is 2.20. The van der Waals surface area contributed by atoms with Gasteiger partial charge < -0.3 is 5.32 Å². The fourth-order valence-electron chi connectivity index (χ4n) is 1.54. The lowest BCUT2D eigenvalue weighted by Gasteiger charge is -2.11. The van der Waals surface area contributed by atoms with Crippen LogP contribution in [0.25, 0.3) is 0 Å². The summed E-state index contributed by atoms with van der Waals surface area (Å²) in [5, 5.41) is 4.82. The highest BCUT2D eigenvalue weighted by molar-refractivity contribution is 7.09. The summed E-state index contributed by atoms with van der Waals surface area (Å²) in [6, 6.07) is 4.03. The molecule has 0 aromatic carbocycles. The van der Waals surface area contributed by atoms with Crippen molar-refractivity contribution in [1.82, 2.24) is 5.32 Å². The second-order valence-electron chi connectivity index (χ2n) is 3.69. The lowest BCUT2D eigenvalue weighted by molar-refractivity contribution is -0.133. The third-order valence-electron chi connectivity index (χ3n) is 2.47. The second-order valence-corrected chi connectivity index (χ2v) is 4.72. The first-order valence-electron chi connectivity index (χ1n) is 5.45. The normalized spacial score (nSPS) is 12.1. The van der Waals surface area contributed by atoms with Crippen molar-refractivity contribution in [3.05, 3.63) is 22.4 Å². The number of hydrogen-bond acceptors (Lipinski definition) is 3. The molecule has 1 atom stereocenters. The predicted molar refractivity (Wildman–Crippen MR) is 65.5 cm³/mol. The fourth-order valence-corrected chi connectivity index (χ4v) is 2.25. The Bertz CT molecular complexity index is 346. The molecule has 1 amide bonds. The molecule has 0 bridgehead atoms. The van der Waals surface area contributed by atoms with E-state index in [1.165, 1.54) is 11.8 Å². The summed E-state index contributed by atoms with van der Waals surface area (Å²) >= 11 is 1.68. The van der Waals surface area contributed by atoms with E-state index in [-0.39, 0.29) is 11.7 Å². The molecular formula is C12H17NO2S. The molecule has 0 aliphatic rings. The van der Waals surface area contributed by atoms with E-state index in [2.05, 4.69) is 5.32 Å². The van der Waals surface area contributed by atoms with Crippen LogP contribution in [-0.2, 0) is 16.0 Å². The first kappa shape index (κ1) is 12.9. The van der Waals surface area contributed by atoms with Gasteiger partial charge in [0.1, 0.15) is 5.78 Å². The van der Waals surface area contributed by atoms with Gasteiger partial charge in [-0.05, 0) is 31.2 Å². The minimum absolute atomic E-state index is 0.0591. The number of carbonyl (C=O) groups excluding carboxylic acids is 2. The fraction of sp³-hybridized carbons (Fsp3) is 0.500. The Hall–Kier alpha value is -1.16. The molecule has 4 heteroatoms. The Balaban J connectivity index is 2.32. The minimum Gasteiger partial charge on any atom is -0.355 e. The van der Waals surface area contributed by atoms with Crippen LogP contribution in [0.1, 0.15) is 25.1 Å². The van der Waals surface area contributed by atoms with Crippen LogP contribution in [0.5, 0.6) is 0 Å². The van der Waals surface area contributed by atoms with Crippen LogP contribution in [0, 0.1) is 5.92 Å². The van der Waals surface area contributed by atoms with Gasteiger partial charge in [0.25, 0.3) is 0 Å². The van der Waals surface area contributed by atoms with Gasteiger partial charge in [0.15, 0.2) is 0 Å². The quantitative estimate of drug-likeness (QED) is 0.772. The molecule has 1 rings (SSSR count). The number of ketones is 1. The first-order chi connectivity index (χ1) is 7.65. The van der Waals surface area contributed by atoms with Crippen LogP contribution >= 0.6 is 11.3 Å². The Kier molecular flexibility index (Phi) is 5.19. The smallest absolute Gasteiger partial charge is 0.230 e. The van der Waals surface area contributed by atoms with E-state index in [1.807, 2.05) is 24.4 Å². The summed E-state index contributed by atoms with van der Waals surface area (Å²) in [6.45, 7) is 3.92. The summed E-state index contributed by atoms with van der Waals surface area (Å²) < 4.78 is 0. The van der Waals surface area contributed by atoms with E-state index >= 15 is 0 Å². The number of amides is 1. The average molecular weight is 239 g/mol. The molecular weight excluding hydrogens is 222 g/mol. The molecule has 1 N–H and O–H groups in total. The second kappa shape index (κ2) is 6.43. The maximum Gasteiger partial charge on any atom is 0.230 e. The van der Waals surface area contributed by atoms with Crippen LogP contribution in [0.2, 0.25) is 0 Å². The van der Waals surface area contributed by atoms with E-state index in [4.69, 9.17) is 0 Å². The molecule has 1 aromatic heterocycles. The molecule has 3 nitrogen and oxygen atoms in total. The SMILES string of the molecule is CC[C@H](C(C)=O)C(=O)NCCc1cccs1. The number of hydrogen-bond donors (Lipinski definition) is 1. The topological polar surface area (TPSA) is 46.2 Å². The minimum atomic E-state index is -0.483. The molecule has 0 fully saturated rings. The average Bonchev–Trinajstić information content (AvgIpc) is 2.71. The van der Waals surface area contributed by atoms with Gasteiger partial charge in [-0.15, -0.1) is 11.3 Å². The molecule has 0 saturated carbocycles. The third-order valence-corrected chi connectivity index (χ3v) is 3.40. The maximum atomic E-state index is 11.6. The van der Waals surface area contributed by atoms with Gasteiger partial charge in [-0.1, -0.05) is 13.0 Å². The van der Waals surface area contributed by atoms with Crippen molar-refractivity contribution in [2.45, 2.75) is 26.7 Å². The molecule has 0 aliphatic carbocycles. The Morgan fingerprint density at radius 1 is 1.50 bits per heavy atom. The van der Waals surface area contributed by atoms with Crippen LogP contribution in [0.15, 0.2) is 17.5 Å². The van der Waals surface area contributed by atoms with Gasteiger partial charge in [-0.25, -0.2) is 0 Å². The standard InChI is InChI=1S/C12H17NO2S/c1-3-11(9(2)14)12(15)13-7-6-10-5-4-8-16-10/h4-5,8,11H,3,6-7H2,1-2H3,(H,13,15)/t11-/m1/s1. The molecule has 1 aromatic rings. The molecule has 88 valence electrons. The van der Waals surface area contributed by atoms with Gasteiger partial charge in [0.05, 0.1) is 5.92 Å². The van der Waals surface area contributed by atoms with E-state index in [0.717, 1.165) is 6.42 Å². The van der Waals surface area contributed by atoms with Gasteiger partial charge in [-0.2, -0.15) is 0 Å². The van der Waals surface area contributed by atoms with E-state index in [1.54, 1.807) is 11.3 Å². The van der Waals surface area contributed by atoms with E-state index < -0.39 is 5.92 Å².